The molecule has 1 aliphatic rings. The van der Waals surface area contributed by atoms with Crippen molar-refractivity contribution in [1.29, 1.82) is 0 Å². The van der Waals surface area contributed by atoms with Crippen molar-refractivity contribution in [3.8, 4) is 0 Å². The van der Waals surface area contributed by atoms with Gasteiger partial charge in [0.1, 0.15) is 0 Å². The van der Waals surface area contributed by atoms with Crippen LogP contribution >= 0.6 is 11.3 Å². The number of aryl methyl sites for hydroxylation is 1. The number of rotatable bonds is 5. The first-order valence-electron chi connectivity index (χ1n) is 8.36. The number of aromatic nitrogens is 1. The molecule has 0 spiro atoms. The first-order chi connectivity index (χ1) is 12.4. The SMILES string of the molecule is Cc1nc(CC(=O)N2CCN(S(=O)(=O)/C=C/c3ccccc3)CC2)cs1. The summed E-state index contributed by atoms with van der Waals surface area (Å²) in [6.45, 7) is 3.33. The van der Waals surface area contributed by atoms with Gasteiger partial charge in [-0.25, -0.2) is 13.4 Å². The summed E-state index contributed by atoms with van der Waals surface area (Å²) < 4.78 is 26.3. The van der Waals surface area contributed by atoms with Crippen molar-refractivity contribution in [2.24, 2.45) is 0 Å². The van der Waals surface area contributed by atoms with Gasteiger partial charge in [0.15, 0.2) is 0 Å². The Balaban J connectivity index is 1.55. The molecule has 2 aromatic rings. The van der Waals surface area contributed by atoms with E-state index in [-0.39, 0.29) is 12.3 Å². The fraction of sp³-hybridized carbons (Fsp3) is 0.333. The summed E-state index contributed by atoms with van der Waals surface area (Å²) in [5, 5.41) is 4.06. The Kier molecular flexibility index (Phi) is 5.85. The standard InChI is InChI=1S/C18H21N3O3S2/c1-15-19-17(14-25-15)13-18(22)20-8-10-21(11-9-20)26(23,24)12-7-16-5-3-2-4-6-16/h2-7,12,14H,8-11,13H2,1H3/b12-7+. The predicted molar refractivity (Wildman–Crippen MR) is 103 cm³/mol. The monoisotopic (exact) mass is 391 g/mol. The van der Waals surface area contributed by atoms with Crippen LogP contribution in [0.2, 0.25) is 0 Å². The van der Waals surface area contributed by atoms with Gasteiger partial charge in [-0.1, -0.05) is 30.3 Å². The third kappa shape index (κ3) is 4.78. The molecule has 6 nitrogen and oxygen atoms in total. The van der Waals surface area contributed by atoms with Crippen LogP contribution in [0.15, 0.2) is 41.1 Å². The van der Waals surface area contributed by atoms with Crippen LogP contribution in [0.25, 0.3) is 6.08 Å². The highest BCUT2D eigenvalue weighted by atomic mass is 32.2. The zero-order chi connectivity index (χ0) is 18.6. The van der Waals surface area contributed by atoms with E-state index in [0.717, 1.165) is 16.3 Å². The fourth-order valence-electron chi connectivity index (χ4n) is 2.76. The van der Waals surface area contributed by atoms with Gasteiger partial charge in [-0.15, -0.1) is 11.3 Å². The van der Waals surface area contributed by atoms with Gasteiger partial charge in [0, 0.05) is 37.0 Å². The molecule has 8 heteroatoms. The number of hydrogen-bond acceptors (Lipinski definition) is 5. The third-order valence-electron chi connectivity index (χ3n) is 4.18. The minimum Gasteiger partial charge on any atom is -0.340 e. The van der Waals surface area contributed by atoms with E-state index in [0.29, 0.717) is 26.2 Å². The average Bonchev–Trinajstić information content (AvgIpc) is 3.06. The number of amides is 1. The lowest BCUT2D eigenvalue weighted by atomic mass is 10.2. The summed E-state index contributed by atoms with van der Waals surface area (Å²) in [6.07, 6.45) is 1.86. The molecule has 1 aliphatic heterocycles. The molecular formula is C18H21N3O3S2. The second-order valence-corrected chi connectivity index (χ2v) is 8.95. The second kappa shape index (κ2) is 8.11. The van der Waals surface area contributed by atoms with Crippen LogP contribution in [0.5, 0.6) is 0 Å². The van der Waals surface area contributed by atoms with Crippen LogP contribution in [0.4, 0.5) is 0 Å². The minimum absolute atomic E-state index is 0.00724. The summed E-state index contributed by atoms with van der Waals surface area (Å²) in [5.41, 5.74) is 1.61. The molecule has 1 fully saturated rings. The van der Waals surface area contributed by atoms with E-state index in [9.17, 15) is 13.2 Å². The fourth-order valence-corrected chi connectivity index (χ4v) is 4.55. The van der Waals surface area contributed by atoms with Crippen LogP contribution in [0.1, 0.15) is 16.3 Å². The van der Waals surface area contributed by atoms with E-state index in [1.54, 1.807) is 11.0 Å². The number of carbonyl (C=O) groups is 1. The highest BCUT2D eigenvalue weighted by Crippen LogP contribution is 2.14. The van der Waals surface area contributed by atoms with Crippen LogP contribution in [-0.2, 0) is 21.2 Å². The zero-order valence-electron chi connectivity index (χ0n) is 14.5. The number of sulfonamides is 1. The number of benzene rings is 1. The van der Waals surface area contributed by atoms with E-state index < -0.39 is 10.0 Å². The van der Waals surface area contributed by atoms with Crippen molar-refractivity contribution in [1.82, 2.24) is 14.2 Å². The Morgan fingerprint density at radius 2 is 1.88 bits per heavy atom. The number of nitrogens with zero attached hydrogens (tertiary/aromatic N) is 3. The second-order valence-electron chi connectivity index (χ2n) is 6.07. The van der Waals surface area contributed by atoms with Crippen LogP contribution < -0.4 is 0 Å². The third-order valence-corrected chi connectivity index (χ3v) is 6.57. The first kappa shape index (κ1) is 18.8. The molecule has 1 aromatic carbocycles. The van der Waals surface area contributed by atoms with Crippen molar-refractivity contribution >= 4 is 33.3 Å². The Morgan fingerprint density at radius 3 is 2.50 bits per heavy atom. The lowest BCUT2D eigenvalue weighted by Crippen LogP contribution is -2.50. The quantitative estimate of drug-likeness (QED) is 0.783. The molecule has 26 heavy (non-hydrogen) atoms. The van der Waals surface area contributed by atoms with Gasteiger partial charge in [0.25, 0.3) is 0 Å². The Hall–Kier alpha value is -2.03. The molecule has 1 saturated heterocycles. The molecule has 3 rings (SSSR count). The number of thiazole rings is 1. The highest BCUT2D eigenvalue weighted by molar-refractivity contribution is 7.92. The molecule has 2 heterocycles. The molecule has 0 N–H and O–H groups in total. The van der Waals surface area contributed by atoms with Crippen LogP contribution in [0, 0.1) is 6.92 Å². The molecule has 138 valence electrons. The largest absolute Gasteiger partial charge is 0.340 e. The zero-order valence-corrected chi connectivity index (χ0v) is 16.2. The van der Waals surface area contributed by atoms with E-state index in [2.05, 4.69) is 4.98 Å². The maximum absolute atomic E-state index is 12.5. The number of carbonyl (C=O) groups excluding carboxylic acids is 1. The van der Waals surface area contributed by atoms with Gasteiger partial charge in [-0.2, -0.15) is 4.31 Å². The molecule has 0 atom stereocenters. The molecule has 0 aliphatic carbocycles. The average molecular weight is 392 g/mol. The maximum Gasteiger partial charge on any atom is 0.236 e. The van der Waals surface area contributed by atoms with Crippen LogP contribution in [-0.4, -0.2) is 54.7 Å². The Bertz CT molecular complexity index is 883. The molecule has 0 bridgehead atoms. The number of hydrogen-bond donors (Lipinski definition) is 0. The molecule has 0 radical (unpaired) electrons. The molecule has 1 aromatic heterocycles. The van der Waals surface area contributed by atoms with Gasteiger partial charge in [-0.3, -0.25) is 4.79 Å². The summed E-state index contributed by atoms with van der Waals surface area (Å²) in [4.78, 5) is 18.4. The van der Waals surface area contributed by atoms with Gasteiger partial charge in [0.2, 0.25) is 15.9 Å². The van der Waals surface area contributed by atoms with E-state index in [1.165, 1.54) is 21.1 Å². The van der Waals surface area contributed by atoms with Crippen LogP contribution in [0.3, 0.4) is 0 Å². The smallest absolute Gasteiger partial charge is 0.236 e. The Morgan fingerprint density at radius 1 is 1.19 bits per heavy atom. The molecular weight excluding hydrogens is 370 g/mol. The van der Waals surface area contributed by atoms with Gasteiger partial charge in [0.05, 0.1) is 17.1 Å². The van der Waals surface area contributed by atoms with Crippen molar-refractivity contribution in [3.63, 3.8) is 0 Å². The molecule has 0 saturated carbocycles. The highest BCUT2D eigenvalue weighted by Gasteiger charge is 2.27. The maximum atomic E-state index is 12.5. The topological polar surface area (TPSA) is 70.6 Å². The predicted octanol–water partition coefficient (Wildman–Crippen LogP) is 2.14. The molecule has 0 unspecified atom stereocenters. The summed E-state index contributed by atoms with van der Waals surface area (Å²) in [7, 11) is -3.48. The van der Waals surface area contributed by atoms with E-state index in [1.807, 2.05) is 42.6 Å². The first-order valence-corrected chi connectivity index (χ1v) is 10.7. The van der Waals surface area contributed by atoms with Gasteiger partial charge < -0.3 is 4.90 Å². The normalized spacial score (nSPS) is 16.3. The lowest BCUT2D eigenvalue weighted by molar-refractivity contribution is -0.131. The molecule has 1 amide bonds. The lowest BCUT2D eigenvalue weighted by Gasteiger charge is -2.33. The summed E-state index contributed by atoms with van der Waals surface area (Å²) >= 11 is 1.52. The van der Waals surface area contributed by atoms with Gasteiger partial charge in [-0.05, 0) is 18.6 Å². The van der Waals surface area contributed by atoms with Gasteiger partial charge >= 0.3 is 0 Å². The minimum atomic E-state index is -3.48. The van der Waals surface area contributed by atoms with Crippen molar-refractivity contribution in [3.05, 3.63) is 57.4 Å². The van der Waals surface area contributed by atoms with Crippen molar-refractivity contribution in [2.45, 2.75) is 13.3 Å². The Labute approximate surface area is 157 Å². The van der Waals surface area contributed by atoms with Crippen molar-refractivity contribution in [2.75, 3.05) is 26.2 Å². The summed E-state index contributed by atoms with van der Waals surface area (Å²) in [5.74, 6) is -0.00724. The summed E-state index contributed by atoms with van der Waals surface area (Å²) in [6, 6.07) is 9.31. The van der Waals surface area contributed by atoms with Crippen molar-refractivity contribution < 1.29 is 13.2 Å². The van der Waals surface area contributed by atoms with E-state index in [4.69, 9.17) is 0 Å². The van der Waals surface area contributed by atoms with E-state index >= 15 is 0 Å². The number of piperazine rings is 1.